The van der Waals surface area contributed by atoms with Crippen molar-refractivity contribution in [2.24, 2.45) is 5.92 Å². The maximum Gasteiger partial charge on any atom is 0.119 e. The molecule has 0 aromatic heterocycles. The van der Waals surface area contributed by atoms with Gasteiger partial charge in [-0.05, 0) is 42.9 Å². The summed E-state index contributed by atoms with van der Waals surface area (Å²) >= 11 is 0. The summed E-state index contributed by atoms with van der Waals surface area (Å²) in [5.41, 5.74) is 0.891. The van der Waals surface area contributed by atoms with E-state index >= 15 is 0 Å². The summed E-state index contributed by atoms with van der Waals surface area (Å²) in [5.74, 6) is 1.55. The standard InChI is InChI=1S/C18H28O3/c1-2-12-21-17-10-8-16(9-11-17)18(19)14-20-13-15-6-4-3-5-7-15/h8-11,15,18-19H,2-7,12-14H2,1H3. The molecule has 1 atom stereocenters. The molecule has 0 radical (unpaired) electrons. The summed E-state index contributed by atoms with van der Waals surface area (Å²) in [6.07, 6.45) is 7.03. The molecular weight excluding hydrogens is 264 g/mol. The fraction of sp³-hybridized carbons (Fsp3) is 0.667. The van der Waals surface area contributed by atoms with Gasteiger partial charge in [-0.25, -0.2) is 0 Å². The van der Waals surface area contributed by atoms with Gasteiger partial charge in [-0.3, -0.25) is 0 Å². The minimum atomic E-state index is -0.547. The lowest BCUT2D eigenvalue weighted by molar-refractivity contribution is 0.0146. The van der Waals surface area contributed by atoms with Crippen LogP contribution in [0.25, 0.3) is 0 Å². The van der Waals surface area contributed by atoms with Crippen LogP contribution in [-0.2, 0) is 4.74 Å². The van der Waals surface area contributed by atoms with E-state index < -0.39 is 6.10 Å². The first-order chi connectivity index (χ1) is 10.3. The van der Waals surface area contributed by atoms with Crippen molar-refractivity contribution in [2.75, 3.05) is 19.8 Å². The van der Waals surface area contributed by atoms with Crippen molar-refractivity contribution < 1.29 is 14.6 Å². The number of hydrogen-bond donors (Lipinski definition) is 1. The summed E-state index contributed by atoms with van der Waals surface area (Å²) in [6, 6.07) is 7.66. The number of aliphatic hydroxyl groups excluding tert-OH is 1. The maximum absolute atomic E-state index is 10.2. The van der Waals surface area contributed by atoms with Crippen molar-refractivity contribution >= 4 is 0 Å². The smallest absolute Gasteiger partial charge is 0.119 e. The molecule has 1 fully saturated rings. The quantitative estimate of drug-likeness (QED) is 0.784. The second kappa shape index (κ2) is 9.06. The van der Waals surface area contributed by atoms with Gasteiger partial charge in [0.05, 0.1) is 13.2 Å². The summed E-state index contributed by atoms with van der Waals surface area (Å²) in [6.45, 7) is 3.98. The summed E-state index contributed by atoms with van der Waals surface area (Å²) < 4.78 is 11.2. The van der Waals surface area contributed by atoms with Crippen LogP contribution in [0.3, 0.4) is 0 Å². The molecule has 1 aromatic rings. The Labute approximate surface area is 128 Å². The van der Waals surface area contributed by atoms with Crippen molar-refractivity contribution in [1.29, 1.82) is 0 Å². The Morgan fingerprint density at radius 2 is 1.86 bits per heavy atom. The highest BCUT2D eigenvalue weighted by Gasteiger charge is 2.14. The van der Waals surface area contributed by atoms with Gasteiger partial charge in [0.15, 0.2) is 0 Å². The van der Waals surface area contributed by atoms with Crippen LogP contribution in [-0.4, -0.2) is 24.9 Å². The lowest BCUT2D eigenvalue weighted by Crippen LogP contribution is -2.16. The van der Waals surface area contributed by atoms with E-state index in [1.165, 1.54) is 32.1 Å². The number of rotatable bonds is 8. The van der Waals surface area contributed by atoms with Crippen LogP contribution < -0.4 is 4.74 Å². The first kappa shape index (κ1) is 16.3. The third-order valence-electron chi connectivity index (χ3n) is 4.09. The molecule has 1 aliphatic carbocycles. The van der Waals surface area contributed by atoms with Gasteiger partial charge in [0.25, 0.3) is 0 Å². The van der Waals surface area contributed by atoms with Crippen molar-refractivity contribution in [3.63, 3.8) is 0 Å². The predicted octanol–water partition coefficient (Wildman–Crippen LogP) is 4.11. The minimum Gasteiger partial charge on any atom is -0.494 e. The fourth-order valence-electron chi connectivity index (χ4n) is 2.80. The van der Waals surface area contributed by atoms with E-state index in [0.717, 1.165) is 30.9 Å². The van der Waals surface area contributed by atoms with Crippen LogP contribution in [0.4, 0.5) is 0 Å². The third-order valence-corrected chi connectivity index (χ3v) is 4.09. The Bertz CT molecular complexity index is 382. The zero-order valence-corrected chi connectivity index (χ0v) is 13.1. The van der Waals surface area contributed by atoms with Gasteiger partial charge in [-0.15, -0.1) is 0 Å². The average Bonchev–Trinajstić information content (AvgIpc) is 2.54. The van der Waals surface area contributed by atoms with Crippen LogP contribution in [0.2, 0.25) is 0 Å². The Morgan fingerprint density at radius 1 is 1.14 bits per heavy atom. The highest BCUT2D eigenvalue weighted by molar-refractivity contribution is 5.28. The SMILES string of the molecule is CCCOc1ccc(C(O)COCC2CCCCC2)cc1. The monoisotopic (exact) mass is 292 g/mol. The summed E-state index contributed by atoms with van der Waals surface area (Å²) in [4.78, 5) is 0. The molecule has 0 heterocycles. The van der Waals surface area contributed by atoms with E-state index in [1.807, 2.05) is 24.3 Å². The minimum absolute atomic E-state index is 0.381. The maximum atomic E-state index is 10.2. The molecule has 0 aliphatic heterocycles. The molecular formula is C18H28O3. The molecule has 0 amide bonds. The molecule has 3 heteroatoms. The van der Waals surface area contributed by atoms with Gasteiger partial charge in [0.2, 0.25) is 0 Å². The van der Waals surface area contributed by atoms with Crippen LogP contribution in [0.1, 0.15) is 57.1 Å². The fourth-order valence-corrected chi connectivity index (χ4v) is 2.80. The molecule has 1 N–H and O–H groups in total. The van der Waals surface area contributed by atoms with E-state index in [-0.39, 0.29) is 0 Å². The highest BCUT2D eigenvalue weighted by atomic mass is 16.5. The van der Waals surface area contributed by atoms with E-state index in [9.17, 15) is 5.11 Å². The molecule has 3 nitrogen and oxygen atoms in total. The molecule has 118 valence electrons. The van der Waals surface area contributed by atoms with E-state index in [0.29, 0.717) is 12.5 Å². The Kier molecular flexibility index (Phi) is 7.04. The van der Waals surface area contributed by atoms with Crippen LogP contribution in [0.5, 0.6) is 5.75 Å². The first-order valence-electron chi connectivity index (χ1n) is 8.28. The number of hydrogen-bond acceptors (Lipinski definition) is 3. The molecule has 1 unspecified atom stereocenters. The van der Waals surface area contributed by atoms with Crippen molar-refractivity contribution in [3.8, 4) is 5.75 Å². The molecule has 2 rings (SSSR count). The third kappa shape index (κ3) is 5.68. The molecule has 1 aliphatic rings. The van der Waals surface area contributed by atoms with E-state index in [2.05, 4.69) is 6.92 Å². The van der Waals surface area contributed by atoms with Gasteiger partial charge < -0.3 is 14.6 Å². The Hall–Kier alpha value is -1.06. The summed E-state index contributed by atoms with van der Waals surface area (Å²) in [7, 11) is 0. The molecule has 0 spiro atoms. The first-order valence-corrected chi connectivity index (χ1v) is 8.28. The highest BCUT2D eigenvalue weighted by Crippen LogP contribution is 2.24. The summed E-state index contributed by atoms with van der Waals surface area (Å²) in [5, 5.41) is 10.2. The lowest BCUT2D eigenvalue weighted by Gasteiger charge is -2.22. The van der Waals surface area contributed by atoms with Gasteiger partial charge in [-0.2, -0.15) is 0 Å². The average molecular weight is 292 g/mol. The van der Waals surface area contributed by atoms with Crippen LogP contribution in [0, 0.1) is 5.92 Å². The van der Waals surface area contributed by atoms with E-state index in [1.54, 1.807) is 0 Å². The van der Waals surface area contributed by atoms with Crippen molar-refractivity contribution in [3.05, 3.63) is 29.8 Å². The zero-order valence-electron chi connectivity index (χ0n) is 13.1. The van der Waals surface area contributed by atoms with Gasteiger partial charge >= 0.3 is 0 Å². The molecule has 0 bridgehead atoms. The van der Waals surface area contributed by atoms with Crippen LogP contribution >= 0.6 is 0 Å². The zero-order chi connectivity index (χ0) is 14.9. The molecule has 0 saturated heterocycles. The largest absolute Gasteiger partial charge is 0.494 e. The van der Waals surface area contributed by atoms with E-state index in [4.69, 9.17) is 9.47 Å². The number of benzene rings is 1. The second-order valence-electron chi connectivity index (χ2n) is 5.97. The second-order valence-corrected chi connectivity index (χ2v) is 5.97. The Balaban J connectivity index is 1.70. The molecule has 21 heavy (non-hydrogen) atoms. The Morgan fingerprint density at radius 3 is 2.52 bits per heavy atom. The molecule has 1 saturated carbocycles. The normalized spacial score (nSPS) is 17.6. The van der Waals surface area contributed by atoms with Crippen molar-refractivity contribution in [2.45, 2.75) is 51.6 Å². The van der Waals surface area contributed by atoms with Gasteiger partial charge in [0, 0.05) is 6.61 Å². The van der Waals surface area contributed by atoms with Crippen LogP contribution in [0.15, 0.2) is 24.3 Å². The number of aliphatic hydroxyl groups is 1. The van der Waals surface area contributed by atoms with Crippen molar-refractivity contribution in [1.82, 2.24) is 0 Å². The lowest BCUT2D eigenvalue weighted by atomic mass is 9.90. The van der Waals surface area contributed by atoms with Gasteiger partial charge in [0.1, 0.15) is 11.9 Å². The molecule has 1 aromatic carbocycles. The topological polar surface area (TPSA) is 38.7 Å². The van der Waals surface area contributed by atoms with Gasteiger partial charge in [-0.1, -0.05) is 38.3 Å². The number of ether oxygens (including phenoxy) is 2. The predicted molar refractivity (Wildman–Crippen MR) is 84.6 cm³/mol.